The van der Waals surface area contributed by atoms with Crippen molar-refractivity contribution >= 4 is 15.7 Å². The van der Waals surface area contributed by atoms with Gasteiger partial charge >= 0.3 is 5.76 Å². The van der Waals surface area contributed by atoms with Crippen molar-refractivity contribution in [1.29, 1.82) is 0 Å². The van der Waals surface area contributed by atoms with Gasteiger partial charge in [-0.25, -0.2) is 8.42 Å². The van der Waals surface area contributed by atoms with Gasteiger partial charge in [0.2, 0.25) is 9.84 Å². The van der Waals surface area contributed by atoms with Crippen molar-refractivity contribution in [2.75, 3.05) is 20.1 Å². The molecule has 146 valence electrons. The molecule has 0 bridgehead atoms. The summed E-state index contributed by atoms with van der Waals surface area (Å²) in [5, 5.41) is 2.78. The van der Waals surface area contributed by atoms with Crippen LogP contribution in [0.15, 0.2) is 29.2 Å². The molecule has 1 saturated carbocycles. The Balaban J connectivity index is 1.77. The van der Waals surface area contributed by atoms with Crippen molar-refractivity contribution in [1.82, 2.24) is 10.2 Å². The maximum Gasteiger partial charge on any atom is 0.341 e. The molecule has 2 rings (SSSR count). The van der Waals surface area contributed by atoms with Crippen LogP contribution in [-0.2, 0) is 9.84 Å². The van der Waals surface area contributed by atoms with Gasteiger partial charge in [-0.05, 0) is 57.1 Å². The van der Waals surface area contributed by atoms with E-state index in [0.717, 1.165) is 25.1 Å². The largest absolute Gasteiger partial charge is 0.352 e. The third-order valence-corrected chi connectivity index (χ3v) is 6.25. The first-order valence-electron chi connectivity index (χ1n) is 8.93. The topological polar surface area (TPSA) is 66.5 Å². The summed E-state index contributed by atoms with van der Waals surface area (Å²) in [6, 6.07) is 5.20. The number of amides is 1. The van der Waals surface area contributed by atoms with E-state index in [4.69, 9.17) is 0 Å². The fraction of sp³-hybridized carbons (Fsp3) is 0.611. The predicted octanol–water partition coefficient (Wildman–Crippen LogP) is 3.07. The smallest absolute Gasteiger partial charge is 0.341 e. The Bertz CT molecular complexity index is 687. The number of sulfone groups is 1. The lowest BCUT2D eigenvalue weighted by Crippen LogP contribution is -2.35. The molecular formula is C18H26F2N2O3S. The van der Waals surface area contributed by atoms with Gasteiger partial charge < -0.3 is 10.2 Å². The minimum atomic E-state index is -4.63. The molecule has 8 heteroatoms. The number of hydrogen-bond donors (Lipinski definition) is 1. The maximum absolute atomic E-state index is 12.5. The summed E-state index contributed by atoms with van der Waals surface area (Å²) in [5.74, 6) is -3.81. The van der Waals surface area contributed by atoms with Crippen LogP contribution in [0.1, 0.15) is 48.9 Å². The highest BCUT2D eigenvalue weighted by Crippen LogP contribution is 2.21. The van der Waals surface area contributed by atoms with Crippen molar-refractivity contribution in [2.24, 2.45) is 0 Å². The lowest BCUT2D eigenvalue weighted by molar-refractivity contribution is 0.0950. The van der Waals surface area contributed by atoms with E-state index in [0.29, 0.717) is 12.6 Å². The Labute approximate surface area is 153 Å². The second kappa shape index (κ2) is 9.41. The first-order valence-corrected chi connectivity index (χ1v) is 10.5. The van der Waals surface area contributed by atoms with Gasteiger partial charge in [-0.1, -0.05) is 19.3 Å². The molecule has 1 N–H and O–H groups in total. The monoisotopic (exact) mass is 388 g/mol. The van der Waals surface area contributed by atoms with E-state index in [2.05, 4.69) is 17.3 Å². The average molecular weight is 388 g/mol. The second-order valence-electron chi connectivity index (χ2n) is 6.71. The minimum absolute atomic E-state index is 0.249. The number of rotatable bonds is 8. The Hall–Kier alpha value is -1.54. The van der Waals surface area contributed by atoms with Gasteiger partial charge in [0.1, 0.15) is 0 Å². The van der Waals surface area contributed by atoms with Gasteiger partial charge in [-0.15, -0.1) is 0 Å². The molecule has 0 atom stereocenters. The number of carbonyl (C=O) groups excluding carboxylic acids is 1. The lowest BCUT2D eigenvalue weighted by atomic mass is 9.94. The van der Waals surface area contributed by atoms with Crippen molar-refractivity contribution in [3.63, 3.8) is 0 Å². The highest BCUT2D eigenvalue weighted by molar-refractivity contribution is 7.91. The summed E-state index contributed by atoms with van der Waals surface area (Å²) < 4.78 is 47.7. The molecule has 1 amide bonds. The third-order valence-electron chi connectivity index (χ3n) is 4.85. The fourth-order valence-corrected chi connectivity index (χ4v) is 3.96. The van der Waals surface area contributed by atoms with Crippen LogP contribution >= 0.6 is 0 Å². The van der Waals surface area contributed by atoms with E-state index in [1.54, 1.807) is 0 Å². The summed E-state index contributed by atoms with van der Waals surface area (Å²) in [6.45, 7) is 1.41. The van der Waals surface area contributed by atoms with Crippen LogP contribution in [0.3, 0.4) is 0 Å². The van der Waals surface area contributed by atoms with Gasteiger partial charge in [0.25, 0.3) is 5.91 Å². The molecule has 0 saturated heterocycles. The summed E-state index contributed by atoms with van der Waals surface area (Å²) >= 11 is 0. The van der Waals surface area contributed by atoms with Gasteiger partial charge in [0.15, 0.2) is 0 Å². The van der Waals surface area contributed by atoms with Gasteiger partial charge in [0, 0.05) is 18.2 Å². The van der Waals surface area contributed by atoms with E-state index in [1.165, 1.54) is 44.2 Å². The molecule has 1 aromatic rings. The highest BCUT2D eigenvalue weighted by atomic mass is 32.2. The maximum atomic E-state index is 12.5. The van der Waals surface area contributed by atoms with E-state index >= 15 is 0 Å². The molecule has 1 fully saturated rings. The van der Waals surface area contributed by atoms with Gasteiger partial charge in [-0.3, -0.25) is 4.79 Å². The molecule has 1 aliphatic rings. The molecule has 0 spiro atoms. The first kappa shape index (κ1) is 20.8. The minimum Gasteiger partial charge on any atom is -0.352 e. The van der Waals surface area contributed by atoms with Gasteiger partial charge in [0.05, 0.1) is 4.90 Å². The zero-order valence-corrected chi connectivity index (χ0v) is 15.8. The quantitative estimate of drug-likeness (QED) is 0.695. The fourth-order valence-electron chi connectivity index (χ4n) is 3.24. The highest BCUT2D eigenvalue weighted by Gasteiger charge is 2.26. The van der Waals surface area contributed by atoms with E-state index in [1.807, 2.05) is 0 Å². The molecule has 0 aromatic heterocycles. The van der Waals surface area contributed by atoms with Crippen molar-refractivity contribution in [2.45, 2.75) is 55.2 Å². The Morgan fingerprint density at radius 2 is 1.81 bits per heavy atom. The third kappa shape index (κ3) is 5.48. The van der Waals surface area contributed by atoms with Crippen LogP contribution in [0.5, 0.6) is 0 Å². The standard InChI is InChI=1S/C18H26F2N2O3S/c1-22(15-6-3-2-4-7-15)13-5-12-21-17(23)14-8-10-16(11-9-14)26(24,25)18(19)20/h8-11,15,18H,2-7,12-13H2,1H3,(H,21,23). The molecule has 1 aliphatic carbocycles. The number of alkyl halides is 2. The number of nitrogens with zero attached hydrogens (tertiary/aromatic N) is 1. The Morgan fingerprint density at radius 3 is 2.38 bits per heavy atom. The molecule has 0 radical (unpaired) electrons. The molecule has 5 nitrogen and oxygen atoms in total. The number of hydrogen-bond acceptors (Lipinski definition) is 4. The van der Waals surface area contributed by atoms with Crippen molar-refractivity contribution in [3.8, 4) is 0 Å². The molecule has 0 aliphatic heterocycles. The summed E-state index contributed by atoms with van der Waals surface area (Å²) in [7, 11) is -2.52. The Kier molecular flexibility index (Phi) is 7.52. The molecule has 1 aromatic carbocycles. The molecule has 0 heterocycles. The zero-order valence-electron chi connectivity index (χ0n) is 15.0. The van der Waals surface area contributed by atoms with Crippen molar-refractivity contribution in [3.05, 3.63) is 29.8 Å². The van der Waals surface area contributed by atoms with E-state index in [9.17, 15) is 22.0 Å². The molecular weight excluding hydrogens is 362 g/mol. The lowest BCUT2D eigenvalue weighted by Gasteiger charge is -2.31. The van der Waals surface area contributed by atoms with E-state index < -0.39 is 20.5 Å². The second-order valence-corrected chi connectivity index (χ2v) is 8.63. The number of carbonyl (C=O) groups is 1. The number of benzene rings is 1. The molecule has 26 heavy (non-hydrogen) atoms. The Morgan fingerprint density at radius 1 is 1.19 bits per heavy atom. The number of nitrogens with one attached hydrogen (secondary N) is 1. The van der Waals surface area contributed by atoms with Crippen LogP contribution in [0.2, 0.25) is 0 Å². The van der Waals surface area contributed by atoms with Crippen LogP contribution in [0.4, 0.5) is 8.78 Å². The van der Waals surface area contributed by atoms with Crippen LogP contribution in [0.25, 0.3) is 0 Å². The summed E-state index contributed by atoms with van der Waals surface area (Å²) in [5.41, 5.74) is 0.249. The normalized spacial score (nSPS) is 16.2. The summed E-state index contributed by atoms with van der Waals surface area (Å²) in [6.07, 6.45) is 7.16. The molecule has 0 unspecified atom stereocenters. The predicted molar refractivity (Wildman–Crippen MR) is 96.1 cm³/mol. The van der Waals surface area contributed by atoms with Crippen LogP contribution in [0, 0.1) is 0 Å². The van der Waals surface area contributed by atoms with Crippen molar-refractivity contribution < 1.29 is 22.0 Å². The van der Waals surface area contributed by atoms with E-state index in [-0.39, 0.29) is 11.5 Å². The summed E-state index contributed by atoms with van der Waals surface area (Å²) in [4.78, 5) is 13.9. The first-order chi connectivity index (χ1) is 12.3. The van der Waals surface area contributed by atoms with Crippen LogP contribution < -0.4 is 5.32 Å². The zero-order chi connectivity index (χ0) is 19.2. The average Bonchev–Trinajstić information content (AvgIpc) is 2.65. The van der Waals surface area contributed by atoms with Gasteiger partial charge in [-0.2, -0.15) is 8.78 Å². The SMILES string of the molecule is CN(CCCNC(=O)c1ccc(S(=O)(=O)C(F)F)cc1)C1CCCCC1. The van der Waals surface area contributed by atoms with Crippen LogP contribution in [-0.4, -0.2) is 51.2 Å². The number of halogens is 2.